The molecule has 2 aromatic carbocycles. The molecule has 1 aliphatic heterocycles. The van der Waals surface area contributed by atoms with Crippen molar-refractivity contribution < 1.29 is 35.8 Å². The fourth-order valence-corrected chi connectivity index (χ4v) is 4.03. The number of carbonyl (C=O) groups excluding carboxylic acids is 1. The molecular formula is C16H14N2O8S2. The minimum atomic E-state index is -5.07. The van der Waals surface area contributed by atoms with Crippen molar-refractivity contribution in [2.24, 2.45) is 5.10 Å². The van der Waals surface area contributed by atoms with Gasteiger partial charge in [0.25, 0.3) is 26.1 Å². The molecule has 2 aromatic rings. The van der Waals surface area contributed by atoms with Crippen LogP contribution in [-0.4, -0.2) is 42.7 Å². The van der Waals surface area contributed by atoms with Gasteiger partial charge in [-0.2, -0.15) is 26.9 Å². The van der Waals surface area contributed by atoms with Gasteiger partial charge in [-0.25, -0.2) is 0 Å². The molecule has 0 fully saturated rings. The minimum Gasteiger partial charge on any atom is -0.506 e. The molecule has 1 heterocycles. The van der Waals surface area contributed by atoms with Crippen molar-refractivity contribution in [3.05, 3.63) is 48.0 Å². The highest BCUT2D eigenvalue weighted by Crippen LogP contribution is 2.39. The van der Waals surface area contributed by atoms with Crippen molar-refractivity contribution in [1.82, 2.24) is 0 Å². The van der Waals surface area contributed by atoms with Gasteiger partial charge in [-0.05, 0) is 11.6 Å². The lowest BCUT2D eigenvalue weighted by atomic mass is 10.1. The molecule has 12 heteroatoms. The van der Waals surface area contributed by atoms with Crippen LogP contribution in [-0.2, 0) is 31.5 Å². The average Bonchev–Trinajstić information content (AvgIpc) is 2.93. The summed E-state index contributed by atoms with van der Waals surface area (Å²) in [6, 6.07) is 9.98. The van der Waals surface area contributed by atoms with Crippen LogP contribution in [0.1, 0.15) is 12.0 Å². The molecule has 1 aliphatic rings. The lowest BCUT2D eigenvalue weighted by Crippen LogP contribution is -2.22. The van der Waals surface area contributed by atoms with E-state index in [4.69, 9.17) is 4.55 Å². The number of hydrazone groups is 1. The van der Waals surface area contributed by atoms with E-state index >= 15 is 0 Å². The lowest BCUT2D eigenvalue weighted by molar-refractivity contribution is -0.117. The summed E-state index contributed by atoms with van der Waals surface area (Å²) in [5.74, 6) is -1.66. The SMILES string of the molecule is O=C1CC(Cc2ccccc2)=NN1c1c(O)cc(S(=O)(=O)O)cc1S(=O)(=O)O. The van der Waals surface area contributed by atoms with Crippen LogP contribution >= 0.6 is 0 Å². The number of aromatic hydroxyl groups is 1. The second-order valence-corrected chi connectivity index (χ2v) is 8.76. The monoisotopic (exact) mass is 426 g/mol. The normalized spacial score (nSPS) is 15.0. The number of phenolic OH excluding ortho intramolecular Hbond substituents is 1. The third-order valence-electron chi connectivity index (χ3n) is 3.90. The largest absolute Gasteiger partial charge is 0.506 e. The molecule has 0 radical (unpaired) electrons. The maximum absolute atomic E-state index is 12.3. The van der Waals surface area contributed by atoms with Gasteiger partial charge in [0.1, 0.15) is 16.3 Å². The number of rotatable bonds is 5. The Labute approximate surface area is 160 Å². The molecule has 0 saturated carbocycles. The Hall–Kier alpha value is -2.80. The Balaban J connectivity index is 2.11. The average molecular weight is 426 g/mol. The summed E-state index contributed by atoms with van der Waals surface area (Å²) < 4.78 is 64.5. The van der Waals surface area contributed by atoms with Gasteiger partial charge in [0, 0.05) is 12.5 Å². The fraction of sp³-hybridized carbons (Fsp3) is 0.125. The predicted octanol–water partition coefficient (Wildman–Crippen LogP) is 1.22. The molecule has 0 spiro atoms. The van der Waals surface area contributed by atoms with Crippen molar-refractivity contribution in [3.63, 3.8) is 0 Å². The van der Waals surface area contributed by atoms with Crippen molar-refractivity contribution in [2.75, 3.05) is 5.01 Å². The minimum absolute atomic E-state index is 0.167. The zero-order chi connectivity index (χ0) is 20.7. The van der Waals surface area contributed by atoms with E-state index in [1.165, 1.54) is 0 Å². The first-order valence-electron chi connectivity index (χ1n) is 7.72. The number of carbonyl (C=O) groups is 1. The molecule has 148 valence electrons. The smallest absolute Gasteiger partial charge is 0.296 e. The summed E-state index contributed by atoms with van der Waals surface area (Å²) in [5, 5.41) is 14.7. The van der Waals surface area contributed by atoms with E-state index in [0.717, 1.165) is 5.56 Å². The second-order valence-electron chi connectivity index (χ2n) is 5.95. The number of benzene rings is 2. The van der Waals surface area contributed by atoms with E-state index in [1.807, 2.05) is 6.07 Å². The van der Waals surface area contributed by atoms with E-state index in [9.17, 15) is 31.3 Å². The molecule has 0 aromatic heterocycles. The van der Waals surface area contributed by atoms with E-state index in [0.29, 0.717) is 22.9 Å². The number of amides is 1. The summed E-state index contributed by atoms with van der Waals surface area (Å²) >= 11 is 0. The molecule has 28 heavy (non-hydrogen) atoms. The number of nitrogens with zero attached hydrogens (tertiary/aromatic N) is 2. The number of phenols is 1. The highest BCUT2D eigenvalue weighted by atomic mass is 32.2. The van der Waals surface area contributed by atoms with E-state index in [2.05, 4.69) is 5.10 Å². The third kappa shape index (κ3) is 4.04. The molecule has 10 nitrogen and oxygen atoms in total. The van der Waals surface area contributed by atoms with Crippen molar-refractivity contribution in [1.29, 1.82) is 0 Å². The van der Waals surface area contributed by atoms with Crippen molar-refractivity contribution in [3.8, 4) is 5.75 Å². The maximum Gasteiger partial charge on any atom is 0.296 e. The molecule has 0 unspecified atom stereocenters. The summed E-state index contributed by atoms with van der Waals surface area (Å²) in [4.78, 5) is 10.3. The zero-order valence-electron chi connectivity index (χ0n) is 14.0. The summed E-state index contributed by atoms with van der Waals surface area (Å²) in [6.07, 6.45) is 0.119. The highest BCUT2D eigenvalue weighted by molar-refractivity contribution is 7.86. The van der Waals surface area contributed by atoms with E-state index in [-0.39, 0.29) is 12.8 Å². The molecule has 0 saturated heterocycles. The van der Waals surface area contributed by atoms with Crippen LogP contribution in [0.3, 0.4) is 0 Å². The molecular weight excluding hydrogens is 412 g/mol. The Morgan fingerprint density at radius 2 is 1.64 bits per heavy atom. The summed E-state index contributed by atoms with van der Waals surface area (Å²) in [5.41, 5.74) is 0.510. The van der Waals surface area contributed by atoms with Crippen LogP contribution in [0.2, 0.25) is 0 Å². The van der Waals surface area contributed by atoms with Crippen molar-refractivity contribution in [2.45, 2.75) is 22.6 Å². The first-order chi connectivity index (χ1) is 13.0. The Morgan fingerprint density at radius 1 is 1.00 bits per heavy atom. The number of hydrogen-bond acceptors (Lipinski definition) is 7. The molecule has 0 aliphatic carbocycles. The first kappa shape index (κ1) is 19.9. The van der Waals surface area contributed by atoms with Gasteiger partial charge in [-0.3, -0.25) is 13.9 Å². The summed E-state index contributed by atoms with van der Waals surface area (Å²) in [7, 11) is -9.96. The predicted molar refractivity (Wildman–Crippen MR) is 97.4 cm³/mol. The van der Waals surface area contributed by atoms with E-state index < -0.39 is 47.4 Å². The fourth-order valence-electron chi connectivity index (χ4n) is 2.71. The highest BCUT2D eigenvalue weighted by Gasteiger charge is 2.34. The van der Waals surface area contributed by atoms with E-state index in [1.54, 1.807) is 24.3 Å². The molecule has 1 amide bonds. The standard InChI is InChI=1S/C16H14N2O8S2/c19-13-8-12(27(21,22)23)9-14(28(24,25)26)16(13)18-15(20)7-11(17-18)6-10-4-2-1-3-5-10/h1-5,8-9,19H,6-7H2,(H,21,22,23)(H,24,25,26). The number of anilines is 1. The van der Waals surface area contributed by atoms with Gasteiger partial charge < -0.3 is 5.11 Å². The van der Waals surface area contributed by atoms with Crippen LogP contribution in [0.5, 0.6) is 5.75 Å². The Morgan fingerprint density at radius 3 is 2.21 bits per heavy atom. The maximum atomic E-state index is 12.3. The van der Waals surface area contributed by atoms with Gasteiger partial charge in [-0.1, -0.05) is 30.3 Å². The van der Waals surface area contributed by atoms with Gasteiger partial charge in [0.2, 0.25) is 0 Å². The van der Waals surface area contributed by atoms with Crippen LogP contribution in [0, 0.1) is 0 Å². The molecule has 3 N–H and O–H groups in total. The topological polar surface area (TPSA) is 162 Å². The quantitative estimate of drug-likeness (QED) is 0.601. The van der Waals surface area contributed by atoms with Crippen LogP contribution < -0.4 is 5.01 Å². The van der Waals surface area contributed by atoms with Gasteiger partial charge in [0.05, 0.1) is 17.0 Å². The van der Waals surface area contributed by atoms with Crippen molar-refractivity contribution >= 4 is 37.5 Å². The third-order valence-corrected chi connectivity index (χ3v) is 5.60. The Kier molecular flexibility index (Phi) is 4.97. The van der Waals surface area contributed by atoms with Crippen LogP contribution in [0.4, 0.5) is 5.69 Å². The number of hydrogen-bond donors (Lipinski definition) is 3. The van der Waals surface area contributed by atoms with Crippen LogP contribution in [0.25, 0.3) is 0 Å². The zero-order valence-corrected chi connectivity index (χ0v) is 15.7. The lowest BCUT2D eigenvalue weighted by Gasteiger charge is -2.17. The van der Waals surface area contributed by atoms with Crippen LogP contribution in [0.15, 0.2) is 57.4 Å². The Bertz CT molecular complexity index is 1190. The van der Waals surface area contributed by atoms with Gasteiger partial charge in [0.15, 0.2) is 0 Å². The molecule has 0 bridgehead atoms. The van der Waals surface area contributed by atoms with Gasteiger partial charge >= 0.3 is 0 Å². The van der Waals surface area contributed by atoms with Gasteiger partial charge in [-0.15, -0.1) is 0 Å². The summed E-state index contributed by atoms with van der Waals surface area (Å²) in [6.45, 7) is 0. The second kappa shape index (κ2) is 6.98. The molecule has 0 atom stereocenters. The first-order valence-corrected chi connectivity index (χ1v) is 10.6. The molecule has 3 rings (SSSR count).